The Kier molecular flexibility index (Phi) is 6.24. The quantitative estimate of drug-likeness (QED) is 0.712. The Bertz CT molecular complexity index is 737. The number of nitrogens with zero attached hydrogens (tertiary/aromatic N) is 2. The van der Waals surface area contributed by atoms with E-state index in [9.17, 15) is 16.8 Å². The van der Waals surface area contributed by atoms with E-state index >= 15 is 0 Å². The third-order valence-corrected chi connectivity index (χ3v) is 7.91. The fraction of sp³-hybridized carbons (Fsp3) is 0.600. The van der Waals surface area contributed by atoms with E-state index in [1.807, 2.05) is 6.92 Å². The van der Waals surface area contributed by atoms with Gasteiger partial charge in [-0.1, -0.05) is 13.3 Å². The molecule has 1 fully saturated rings. The highest BCUT2D eigenvalue weighted by Crippen LogP contribution is 2.21. The second-order valence-electron chi connectivity index (χ2n) is 5.65. The predicted molar refractivity (Wildman–Crippen MR) is 92.0 cm³/mol. The van der Waals surface area contributed by atoms with Gasteiger partial charge in [-0.3, -0.25) is 0 Å². The first kappa shape index (κ1) is 19.2. The molecule has 1 aliphatic rings. The van der Waals surface area contributed by atoms with Gasteiger partial charge in [0, 0.05) is 26.2 Å². The molecule has 0 radical (unpaired) electrons. The van der Waals surface area contributed by atoms with E-state index in [4.69, 9.17) is 4.74 Å². The number of piperazine rings is 1. The van der Waals surface area contributed by atoms with Crippen molar-refractivity contribution in [3.8, 4) is 5.75 Å². The fourth-order valence-corrected chi connectivity index (χ4v) is 5.59. The van der Waals surface area contributed by atoms with Crippen LogP contribution >= 0.6 is 0 Å². The van der Waals surface area contributed by atoms with E-state index in [1.54, 1.807) is 12.1 Å². The molecule has 0 amide bonds. The maximum absolute atomic E-state index is 12.6. The zero-order valence-corrected chi connectivity index (χ0v) is 15.6. The van der Waals surface area contributed by atoms with E-state index in [-0.39, 0.29) is 36.8 Å². The van der Waals surface area contributed by atoms with Crippen LogP contribution < -0.4 is 4.74 Å². The minimum absolute atomic E-state index is 0.120. The van der Waals surface area contributed by atoms with Gasteiger partial charge in [-0.2, -0.15) is 8.61 Å². The van der Waals surface area contributed by atoms with Crippen molar-refractivity contribution in [3.63, 3.8) is 0 Å². The van der Waals surface area contributed by atoms with Crippen LogP contribution in [-0.2, 0) is 20.0 Å². The van der Waals surface area contributed by atoms with E-state index in [0.717, 1.165) is 6.42 Å². The Morgan fingerprint density at radius 1 is 0.958 bits per heavy atom. The first-order valence-corrected chi connectivity index (χ1v) is 11.0. The number of hydrogen-bond acceptors (Lipinski definition) is 5. The van der Waals surface area contributed by atoms with Crippen LogP contribution in [0.2, 0.25) is 0 Å². The summed E-state index contributed by atoms with van der Waals surface area (Å²) in [5.41, 5.74) is 0. The Balaban J connectivity index is 2.05. The lowest BCUT2D eigenvalue weighted by atomic mass is 10.3. The smallest absolute Gasteiger partial charge is 0.243 e. The van der Waals surface area contributed by atoms with Crippen LogP contribution in [0.15, 0.2) is 29.2 Å². The molecule has 9 heteroatoms. The number of sulfonamides is 2. The van der Waals surface area contributed by atoms with Crippen molar-refractivity contribution in [3.05, 3.63) is 24.3 Å². The first-order chi connectivity index (χ1) is 11.3. The molecule has 0 N–H and O–H groups in total. The fourth-order valence-electron chi connectivity index (χ4n) is 2.54. The molecule has 0 spiro atoms. The lowest BCUT2D eigenvalue weighted by molar-refractivity contribution is 0.272. The van der Waals surface area contributed by atoms with Crippen molar-refractivity contribution >= 4 is 20.0 Å². The molecule has 136 valence electrons. The summed E-state index contributed by atoms with van der Waals surface area (Å²) in [6.07, 6.45) is 1.43. The van der Waals surface area contributed by atoms with Gasteiger partial charge in [0.05, 0.1) is 17.8 Å². The molecule has 0 aromatic heterocycles. The van der Waals surface area contributed by atoms with Gasteiger partial charge in [0.1, 0.15) is 5.75 Å². The average Bonchev–Trinajstić information content (AvgIpc) is 2.60. The highest BCUT2D eigenvalue weighted by molar-refractivity contribution is 7.89. The average molecular weight is 377 g/mol. The summed E-state index contributed by atoms with van der Waals surface area (Å²) in [6, 6.07) is 6.19. The molecule has 7 nitrogen and oxygen atoms in total. The molecule has 0 saturated carbocycles. The van der Waals surface area contributed by atoms with Crippen LogP contribution in [-0.4, -0.2) is 64.5 Å². The number of unbranched alkanes of at least 4 members (excludes halogenated alkanes) is 1. The van der Waals surface area contributed by atoms with Gasteiger partial charge in [-0.25, -0.2) is 16.8 Å². The summed E-state index contributed by atoms with van der Waals surface area (Å²) >= 11 is 0. The first-order valence-electron chi connectivity index (χ1n) is 7.93. The third-order valence-electron chi connectivity index (χ3n) is 4.04. The summed E-state index contributed by atoms with van der Waals surface area (Å²) in [5, 5.41) is 0. The van der Waals surface area contributed by atoms with Gasteiger partial charge in [0.25, 0.3) is 0 Å². The van der Waals surface area contributed by atoms with Gasteiger partial charge < -0.3 is 4.74 Å². The molecular formula is C15H24N2O5S2. The van der Waals surface area contributed by atoms with E-state index < -0.39 is 20.0 Å². The second-order valence-corrected chi connectivity index (χ2v) is 9.67. The van der Waals surface area contributed by atoms with Gasteiger partial charge in [0.2, 0.25) is 20.0 Å². The van der Waals surface area contributed by atoms with Gasteiger partial charge >= 0.3 is 0 Å². The Labute approximate surface area is 144 Å². The Morgan fingerprint density at radius 2 is 1.50 bits per heavy atom. The molecule has 1 saturated heterocycles. The van der Waals surface area contributed by atoms with Crippen molar-refractivity contribution in [2.24, 2.45) is 0 Å². The maximum Gasteiger partial charge on any atom is 0.243 e. The lowest BCUT2D eigenvalue weighted by Crippen LogP contribution is -2.50. The van der Waals surface area contributed by atoms with Gasteiger partial charge in [0.15, 0.2) is 0 Å². The van der Waals surface area contributed by atoms with Crippen LogP contribution in [0.3, 0.4) is 0 Å². The largest absolute Gasteiger partial charge is 0.497 e. The number of ether oxygens (including phenoxy) is 1. The standard InChI is InChI=1S/C15H24N2O5S2/c1-3-4-13-23(18,19)16-9-11-17(12-10-16)24(20,21)15-7-5-14(22-2)6-8-15/h5-8H,3-4,9-13H2,1-2H3. The summed E-state index contributed by atoms with van der Waals surface area (Å²) in [4.78, 5) is 0.186. The number of hydrogen-bond donors (Lipinski definition) is 0. The SMILES string of the molecule is CCCCS(=O)(=O)N1CCN(S(=O)(=O)c2ccc(OC)cc2)CC1. The van der Waals surface area contributed by atoms with E-state index in [0.29, 0.717) is 12.2 Å². The highest BCUT2D eigenvalue weighted by atomic mass is 32.2. The van der Waals surface area contributed by atoms with E-state index in [2.05, 4.69) is 0 Å². The minimum Gasteiger partial charge on any atom is -0.497 e. The summed E-state index contributed by atoms with van der Waals surface area (Å²) < 4.78 is 57.4. The molecule has 0 bridgehead atoms. The molecular weight excluding hydrogens is 352 g/mol. The predicted octanol–water partition coefficient (Wildman–Crippen LogP) is 1.13. The summed E-state index contributed by atoms with van der Waals surface area (Å²) in [7, 11) is -5.39. The van der Waals surface area contributed by atoms with Gasteiger partial charge in [-0.15, -0.1) is 0 Å². The topological polar surface area (TPSA) is 84.0 Å². The zero-order valence-electron chi connectivity index (χ0n) is 14.0. The monoisotopic (exact) mass is 376 g/mol. The van der Waals surface area contributed by atoms with Gasteiger partial charge in [-0.05, 0) is 30.7 Å². The van der Waals surface area contributed by atoms with E-state index in [1.165, 1.54) is 27.9 Å². The number of methoxy groups -OCH3 is 1. The second kappa shape index (κ2) is 7.81. The number of rotatable bonds is 7. The molecule has 2 rings (SSSR count). The maximum atomic E-state index is 12.6. The third kappa shape index (κ3) is 4.27. The van der Waals surface area contributed by atoms with Crippen molar-refractivity contribution in [1.82, 2.24) is 8.61 Å². The normalized spacial score (nSPS) is 17.8. The van der Waals surface area contributed by atoms with Crippen molar-refractivity contribution in [2.45, 2.75) is 24.7 Å². The summed E-state index contributed by atoms with van der Waals surface area (Å²) in [6.45, 7) is 2.66. The Hall–Kier alpha value is -1.16. The molecule has 24 heavy (non-hydrogen) atoms. The molecule has 0 atom stereocenters. The highest BCUT2D eigenvalue weighted by Gasteiger charge is 2.32. The van der Waals surface area contributed by atoms with Crippen LogP contribution in [0.4, 0.5) is 0 Å². The van der Waals surface area contributed by atoms with Crippen molar-refractivity contribution < 1.29 is 21.6 Å². The molecule has 1 aromatic carbocycles. The molecule has 1 heterocycles. The van der Waals surface area contributed by atoms with Crippen LogP contribution in [0.1, 0.15) is 19.8 Å². The van der Waals surface area contributed by atoms with Crippen LogP contribution in [0.25, 0.3) is 0 Å². The Morgan fingerprint density at radius 3 is 2.00 bits per heavy atom. The lowest BCUT2D eigenvalue weighted by Gasteiger charge is -2.33. The molecule has 0 unspecified atom stereocenters. The molecule has 1 aromatic rings. The van der Waals surface area contributed by atoms with Crippen LogP contribution in [0.5, 0.6) is 5.75 Å². The van der Waals surface area contributed by atoms with Crippen LogP contribution in [0, 0.1) is 0 Å². The molecule has 1 aliphatic heterocycles. The molecule has 0 aliphatic carbocycles. The van der Waals surface area contributed by atoms with Crippen molar-refractivity contribution in [2.75, 3.05) is 39.0 Å². The number of benzene rings is 1. The summed E-state index contributed by atoms with van der Waals surface area (Å²) in [5.74, 6) is 0.704. The zero-order chi connectivity index (χ0) is 17.8. The minimum atomic E-state index is -3.62. The van der Waals surface area contributed by atoms with Crippen molar-refractivity contribution in [1.29, 1.82) is 0 Å².